The van der Waals surface area contributed by atoms with E-state index < -0.39 is 0 Å². The highest BCUT2D eigenvalue weighted by atomic mass is 32.1. The summed E-state index contributed by atoms with van der Waals surface area (Å²) in [4.78, 5) is 0. The molecule has 1 heterocycles. The molecule has 3 aromatic rings. The minimum absolute atomic E-state index is 0.769. The summed E-state index contributed by atoms with van der Waals surface area (Å²) < 4.78 is 15.4. The Bertz CT molecular complexity index is 988. The van der Waals surface area contributed by atoms with Crippen LogP contribution >= 0.6 is 11.3 Å². The average Bonchev–Trinajstić information content (AvgIpc) is 3.20. The van der Waals surface area contributed by atoms with Gasteiger partial charge in [-0.05, 0) is 49.9 Å². The Balaban J connectivity index is 1.73. The molecule has 0 fully saturated rings. The summed E-state index contributed by atoms with van der Waals surface area (Å²) in [5.74, 6) is 1.88. The minimum atomic E-state index is 0.769. The maximum absolute atomic E-state index is 6.45. The molecular formula is C30H44O2S. The van der Waals surface area contributed by atoms with Crippen LogP contribution in [0.1, 0.15) is 102 Å². The van der Waals surface area contributed by atoms with Crippen molar-refractivity contribution >= 4 is 31.5 Å². The Morgan fingerprint density at radius 2 is 1.15 bits per heavy atom. The van der Waals surface area contributed by atoms with Gasteiger partial charge in [0.1, 0.15) is 0 Å². The zero-order valence-electron chi connectivity index (χ0n) is 21.4. The molecule has 33 heavy (non-hydrogen) atoms. The van der Waals surface area contributed by atoms with Crippen molar-refractivity contribution in [1.82, 2.24) is 0 Å². The Morgan fingerprint density at radius 3 is 1.82 bits per heavy atom. The first-order chi connectivity index (χ1) is 16.2. The molecule has 2 aromatic carbocycles. The van der Waals surface area contributed by atoms with Crippen molar-refractivity contribution in [3.8, 4) is 11.5 Å². The van der Waals surface area contributed by atoms with Crippen molar-refractivity contribution in [3.63, 3.8) is 0 Å². The van der Waals surface area contributed by atoms with E-state index in [1.165, 1.54) is 95.5 Å². The summed E-state index contributed by atoms with van der Waals surface area (Å²) in [6, 6.07) is 8.88. The van der Waals surface area contributed by atoms with Crippen molar-refractivity contribution in [2.45, 2.75) is 105 Å². The van der Waals surface area contributed by atoms with Crippen LogP contribution in [0.5, 0.6) is 11.5 Å². The van der Waals surface area contributed by atoms with Crippen LogP contribution in [-0.4, -0.2) is 13.2 Å². The molecule has 0 aliphatic rings. The summed E-state index contributed by atoms with van der Waals surface area (Å²) in [5, 5.41) is 2.63. The highest BCUT2D eigenvalue weighted by molar-refractivity contribution is 7.26. The topological polar surface area (TPSA) is 18.5 Å². The van der Waals surface area contributed by atoms with Crippen molar-refractivity contribution < 1.29 is 9.47 Å². The fourth-order valence-electron chi connectivity index (χ4n) is 4.47. The largest absolute Gasteiger partial charge is 0.490 e. The molecule has 3 rings (SSSR count). The van der Waals surface area contributed by atoms with E-state index in [1.807, 2.05) is 11.3 Å². The number of fused-ring (bicyclic) bond motifs is 3. The number of ether oxygens (including phenoxy) is 2. The third kappa shape index (κ3) is 7.12. The first kappa shape index (κ1) is 25.9. The van der Waals surface area contributed by atoms with E-state index in [-0.39, 0.29) is 0 Å². The van der Waals surface area contributed by atoms with Gasteiger partial charge in [0, 0.05) is 15.5 Å². The standard InChI is InChI=1S/C30H44O2S/c1-5-7-9-11-13-15-21-31-27-20-19-26-25-18-17-23(3)24(4)29(25)33-30(26)28(27)32-22-16-14-12-10-8-6-2/h17-20H,5-16,21-22H2,1-4H3. The molecule has 0 spiro atoms. The highest BCUT2D eigenvalue weighted by Crippen LogP contribution is 2.45. The molecule has 0 atom stereocenters. The van der Waals surface area contributed by atoms with E-state index >= 15 is 0 Å². The maximum Gasteiger partial charge on any atom is 0.178 e. The van der Waals surface area contributed by atoms with E-state index in [2.05, 4.69) is 52.0 Å². The number of hydrogen-bond donors (Lipinski definition) is 0. The van der Waals surface area contributed by atoms with Gasteiger partial charge in [0.05, 0.1) is 17.9 Å². The minimum Gasteiger partial charge on any atom is -0.490 e. The molecule has 0 unspecified atom stereocenters. The summed E-state index contributed by atoms with van der Waals surface area (Å²) in [7, 11) is 0. The van der Waals surface area contributed by atoms with Crippen LogP contribution < -0.4 is 9.47 Å². The molecule has 0 bridgehead atoms. The second-order valence-corrected chi connectivity index (χ2v) is 10.5. The molecule has 0 aliphatic heterocycles. The van der Waals surface area contributed by atoms with Gasteiger partial charge in [-0.15, -0.1) is 11.3 Å². The Morgan fingerprint density at radius 1 is 0.606 bits per heavy atom. The summed E-state index contributed by atoms with van der Waals surface area (Å²) in [6.07, 6.45) is 15.3. The van der Waals surface area contributed by atoms with Gasteiger partial charge >= 0.3 is 0 Å². The monoisotopic (exact) mass is 468 g/mol. The van der Waals surface area contributed by atoms with Crippen LogP contribution in [0.3, 0.4) is 0 Å². The lowest BCUT2D eigenvalue weighted by molar-refractivity contribution is 0.261. The summed E-state index contributed by atoms with van der Waals surface area (Å²) >= 11 is 1.87. The van der Waals surface area contributed by atoms with Crippen molar-refractivity contribution in [2.24, 2.45) is 0 Å². The summed E-state index contributed by atoms with van der Waals surface area (Å²) in [5.41, 5.74) is 2.73. The van der Waals surface area contributed by atoms with E-state index in [4.69, 9.17) is 9.47 Å². The third-order valence-electron chi connectivity index (χ3n) is 6.75. The first-order valence-corrected chi connectivity index (χ1v) is 14.2. The van der Waals surface area contributed by atoms with Crippen LogP contribution in [0.15, 0.2) is 24.3 Å². The van der Waals surface area contributed by atoms with Crippen LogP contribution in [0.2, 0.25) is 0 Å². The molecule has 3 heteroatoms. The van der Waals surface area contributed by atoms with Gasteiger partial charge in [0.2, 0.25) is 0 Å². The van der Waals surface area contributed by atoms with Crippen LogP contribution in [0.25, 0.3) is 20.2 Å². The Kier molecular flexibility index (Phi) is 10.9. The van der Waals surface area contributed by atoms with E-state index in [1.54, 1.807) is 0 Å². The van der Waals surface area contributed by atoms with Gasteiger partial charge in [-0.3, -0.25) is 0 Å². The molecule has 0 amide bonds. The molecule has 0 saturated heterocycles. The van der Waals surface area contributed by atoms with Crippen LogP contribution in [0.4, 0.5) is 0 Å². The van der Waals surface area contributed by atoms with Gasteiger partial charge in [-0.1, -0.05) is 90.2 Å². The first-order valence-electron chi connectivity index (χ1n) is 13.4. The smallest absolute Gasteiger partial charge is 0.178 e. The van der Waals surface area contributed by atoms with E-state index in [0.29, 0.717) is 0 Å². The fourth-order valence-corrected chi connectivity index (χ4v) is 5.81. The molecular weight excluding hydrogens is 424 g/mol. The lowest BCUT2D eigenvalue weighted by Gasteiger charge is -2.14. The fraction of sp³-hybridized carbons (Fsp3) is 0.600. The number of unbranched alkanes of at least 4 members (excludes halogenated alkanes) is 10. The molecule has 0 saturated carbocycles. The number of aryl methyl sites for hydroxylation is 2. The van der Waals surface area contributed by atoms with E-state index in [0.717, 1.165) is 37.6 Å². The lowest BCUT2D eigenvalue weighted by atomic mass is 10.1. The number of benzene rings is 2. The second-order valence-electron chi connectivity index (χ2n) is 9.49. The van der Waals surface area contributed by atoms with Gasteiger partial charge in [-0.25, -0.2) is 0 Å². The van der Waals surface area contributed by atoms with E-state index in [9.17, 15) is 0 Å². The molecule has 0 N–H and O–H groups in total. The molecule has 182 valence electrons. The second kappa shape index (κ2) is 13.8. The third-order valence-corrected chi connectivity index (χ3v) is 8.09. The highest BCUT2D eigenvalue weighted by Gasteiger charge is 2.17. The zero-order valence-corrected chi connectivity index (χ0v) is 22.3. The molecule has 2 nitrogen and oxygen atoms in total. The quantitative estimate of drug-likeness (QED) is 0.195. The van der Waals surface area contributed by atoms with Crippen molar-refractivity contribution in [2.75, 3.05) is 13.2 Å². The van der Waals surface area contributed by atoms with Gasteiger partial charge in [0.25, 0.3) is 0 Å². The maximum atomic E-state index is 6.45. The number of thiophene rings is 1. The van der Waals surface area contributed by atoms with Gasteiger partial charge in [-0.2, -0.15) is 0 Å². The molecule has 0 aliphatic carbocycles. The molecule has 1 aromatic heterocycles. The number of rotatable bonds is 16. The normalized spacial score (nSPS) is 11.5. The van der Waals surface area contributed by atoms with Crippen LogP contribution in [-0.2, 0) is 0 Å². The van der Waals surface area contributed by atoms with Crippen molar-refractivity contribution in [1.29, 1.82) is 0 Å². The summed E-state index contributed by atoms with van der Waals surface area (Å²) in [6.45, 7) is 10.5. The van der Waals surface area contributed by atoms with Crippen molar-refractivity contribution in [3.05, 3.63) is 35.4 Å². The predicted octanol–water partition coefficient (Wildman–Crippen LogP) is 10.1. The predicted molar refractivity (Wildman–Crippen MR) is 147 cm³/mol. The average molecular weight is 469 g/mol. The SMILES string of the molecule is CCCCCCCCOc1ccc2c(sc3c(C)c(C)ccc32)c1OCCCCCCCC. The van der Waals surface area contributed by atoms with Crippen LogP contribution in [0, 0.1) is 13.8 Å². The lowest BCUT2D eigenvalue weighted by Crippen LogP contribution is -2.03. The number of hydrogen-bond acceptors (Lipinski definition) is 3. The molecule has 0 radical (unpaired) electrons. The Labute approximate surface area is 205 Å². The van der Waals surface area contributed by atoms with Gasteiger partial charge in [0.15, 0.2) is 11.5 Å². The Hall–Kier alpha value is -1.74. The van der Waals surface area contributed by atoms with Gasteiger partial charge < -0.3 is 9.47 Å². The zero-order chi connectivity index (χ0) is 23.5.